The fraction of sp³-hybridized carbons (Fsp3) is 0.286. The number of hydrogen-bond donors (Lipinski definition) is 3. The lowest BCUT2D eigenvalue weighted by molar-refractivity contribution is -0.117. The zero-order valence-electron chi connectivity index (χ0n) is 21.3. The predicted molar refractivity (Wildman–Crippen MR) is 143 cm³/mol. The highest BCUT2D eigenvalue weighted by Crippen LogP contribution is 2.29. The van der Waals surface area contributed by atoms with Crippen LogP contribution < -0.4 is 20.1 Å². The monoisotopic (exact) mass is 511 g/mol. The van der Waals surface area contributed by atoms with Crippen molar-refractivity contribution in [3.63, 3.8) is 0 Å². The summed E-state index contributed by atoms with van der Waals surface area (Å²) >= 11 is 0. The van der Waals surface area contributed by atoms with Crippen molar-refractivity contribution in [3.8, 4) is 28.7 Å². The number of H-pyrrole nitrogens is 1. The number of carbonyl (C=O) groups excluding carboxylic acids is 1. The first-order chi connectivity index (χ1) is 18.6. The maximum Gasteiger partial charge on any atom is 0.262 e. The molecule has 0 spiro atoms. The van der Waals surface area contributed by atoms with Crippen LogP contribution in [-0.4, -0.2) is 53.0 Å². The van der Waals surface area contributed by atoms with Crippen LogP contribution in [0.5, 0.6) is 11.5 Å². The summed E-state index contributed by atoms with van der Waals surface area (Å²) < 4.78 is 12.6. The number of piperidine rings is 1. The number of ether oxygens (including phenoxy) is 2. The molecule has 38 heavy (non-hydrogen) atoms. The molecule has 0 saturated carbocycles. The summed E-state index contributed by atoms with van der Waals surface area (Å²) in [5.41, 5.74) is 4.09. The maximum absolute atomic E-state index is 12.8. The van der Waals surface area contributed by atoms with Gasteiger partial charge in [0.2, 0.25) is 0 Å². The van der Waals surface area contributed by atoms with Crippen LogP contribution in [0.1, 0.15) is 30.0 Å². The van der Waals surface area contributed by atoms with Crippen LogP contribution in [0, 0.1) is 11.3 Å². The fourth-order valence-corrected chi connectivity index (χ4v) is 4.63. The molecule has 1 saturated heterocycles. The number of methoxy groups -OCH3 is 2. The third-order valence-corrected chi connectivity index (χ3v) is 6.75. The molecule has 0 atom stereocenters. The van der Waals surface area contributed by atoms with Crippen LogP contribution >= 0.6 is 0 Å². The first-order valence-electron chi connectivity index (χ1n) is 12.4. The lowest BCUT2D eigenvalue weighted by atomic mass is 10.1. The minimum Gasteiger partial charge on any atom is -0.493 e. The maximum atomic E-state index is 12.8. The van der Waals surface area contributed by atoms with E-state index in [-0.39, 0.29) is 12.1 Å². The SMILES string of the molecule is COc1ccc(CNC(=O)/C(C#N)=C/c2c[nH]c3ncc(-c4cnn(C5CCNCC5)c4)cc23)cc1OC. The number of aromatic amines is 1. The Morgan fingerprint density at radius 1 is 1.18 bits per heavy atom. The number of carbonyl (C=O) groups is 1. The predicted octanol–water partition coefficient (Wildman–Crippen LogP) is 3.59. The smallest absolute Gasteiger partial charge is 0.262 e. The third kappa shape index (κ3) is 5.23. The molecule has 3 N–H and O–H groups in total. The lowest BCUT2D eigenvalue weighted by Gasteiger charge is -2.22. The number of aromatic nitrogens is 4. The molecule has 1 fully saturated rings. The molecule has 4 aromatic rings. The summed E-state index contributed by atoms with van der Waals surface area (Å²) in [4.78, 5) is 20.5. The molecule has 10 heteroatoms. The summed E-state index contributed by atoms with van der Waals surface area (Å²) in [6, 6.07) is 9.81. The Balaban J connectivity index is 1.34. The van der Waals surface area contributed by atoms with Gasteiger partial charge in [0.05, 0.1) is 26.5 Å². The normalized spacial score (nSPS) is 14.3. The Bertz CT molecular complexity index is 1520. The molecule has 5 rings (SSSR count). The Morgan fingerprint density at radius 3 is 2.76 bits per heavy atom. The van der Waals surface area contributed by atoms with E-state index in [1.165, 1.54) is 0 Å². The van der Waals surface area contributed by atoms with Gasteiger partial charge < -0.3 is 25.1 Å². The van der Waals surface area contributed by atoms with Crippen LogP contribution in [0.4, 0.5) is 0 Å². The van der Waals surface area contributed by atoms with Gasteiger partial charge in [0.15, 0.2) is 11.5 Å². The van der Waals surface area contributed by atoms with E-state index in [1.54, 1.807) is 44.8 Å². The first kappa shape index (κ1) is 25.0. The molecule has 1 aliphatic rings. The number of amides is 1. The number of nitriles is 1. The average molecular weight is 512 g/mol. The highest BCUT2D eigenvalue weighted by Gasteiger charge is 2.17. The molecule has 3 aromatic heterocycles. The van der Waals surface area contributed by atoms with Gasteiger partial charge in [-0.2, -0.15) is 10.4 Å². The van der Waals surface area contributed by atoms with Crippen molar-refractivity contribution in [2.45, 2.75) is 25.4 Å². The van der Waals surface area contributed by atoms with Gasteiger partial charge in [0.1, 0.15) is 17.3 Å². The zero-order valence-corrected chi connectivity index (χ0v) is 21.3. The van der Waals surface area contributed by atoms with Crippen LogP contribution in [0.3, 0.4) is 0 Å². The van der Waals surface area contributed by atoms with Crippen LogP contribution in [0.15, 0.2) is 54.6 Å². The van der Waals surface area contributed by atoms with Gasteiger partial charge in [0, 0.05) is 47.2 Å². The molecule has 0 bridgehead atoms. The lowest BCUT2D eigenvalue weighted by Crippen LogP contribution is -2.29. The van der Waals surface area contributed by atoms with E-state index < -0.39 is 5.91 Å². The second-order valence-corrected chi connectivity index (χ2v) is 9.10. The third-order valence-electron chi connectivity index (χ3n) is 6.75. The van der Waals surface area contributed by atoms with Crippen molar-refractivity contribution in [2.24, 2.45) is 0 Å². The van der Waals surface area contributed by atoms with E-state index in [9.17, 15) is 10.1 Å². The van der Waals surface area contributed by atoms with E-state index >= 15 is 0 Å². The van der Waals surface area contributed by atoms with Crippen LogP contribution in [0.2, 0.25) is 0 Å². The van der Waals surface area contributed by atoms with Gasteiger partial charge in [0.25, 0.3) is 5.91 Å². The number of benzene rings is 1. The van der Waals surface area contributed by atoms with E-state index in [0.29, 0.717) is 28.8 Å². The summed E-state index contributed by atoms with van der Waals surface area (Å²) in [6.45, 7) is 2.23. The molecule has 194 valence electrons. The second-order valence-electron chi connectivity index (χ2n) is 9.10. The van der Waals surface area contributed by atoms with Crippen LogP contribution in [-0.2, 0) is 11.3 Å². The van der Waals surface area contributed by atoms with Gasteiger partial charge in [-0.25, -0.2) is 4.98 Å². The molecule has 1 aliphatic heterocycles. The van der Waals surface area contributed by atoms with E-state index in [4.69, 9.17) is 9.47 Å². The van der Waals surface area contributed by atoms with E-state index in [1.807, 2.05) is 29.1 Å². The highest BCUT2D eigenvalue weighted by molar-refractivity contribution is 6.03. The topological polar surface area (TPSA) is 130 Å². The Labute approximate surface area is 220 Å². The van der Waals surface area contributed by atoms with Gasteiger partial charge in [-0.15, -0.1) is 0 Å². The molecular formula is C28H29N7O3. The number of nitrogens with zero attached hydrogens (tertiary/aromatic N) is 4. The van der Waals surface area contributed by atoms with Gasteiger partial charge in [-0.3, -0.25) is 9.48 Å². The number of nitrogens with one attached hydrogen (secondary N) is 3. The zero-order chi connectivity index (χ0) is 26.5. The number of hydrogen-bond acceptors (Lipinski definition) is 7. The quantitative estimate of drug-likeness (QED) is 0.243. The largest absolute Gasteiger partial charge is 0.493 e. The van der Waals surface area contributed by atoms with Gasteiger partial charge in [-0.05, 0) is 55.8 Å². The molecule has 1 aromatic carbocycles. The molecule has 4 heterocycles. The highest BCUT2D eigenvalue weighted by atomic mass is 16.5. The number of rotatable bonds is 8. The summed E-state index contributed by atoms with van der Waals surface area (Å²) in [7, 11) is 3.12. The Kier molecular flexibility index (Phi) is 7.38. The van der Waals surface area contributed by atoms with E-state index in [0.717, 1.165) is 48.0 Å². The molecule has 10 nitrogen and oxygen atoms in total. The summed E-state index contributed by atoms with van der Waals surface area (Å²) in [6.07, 6.45) is 11.1. The van der Waals surface area contributed by atoms with Crippen LogP contribution in [0.25, 0.3) is 28.2 Å². The molecule has 0 unspecified atom stereocenters. The first-order valence-corrected chi connectivity index (χ1v) is 12.4. The molecule has 0 aliphatic carbocycles. The van der Waals surface area contributed by atoms with E-state index in [2.05, 4.69) is 31.9 Å². The molecule has 0 radical (unpaired) electrons. The van der Waals surface area contributed by atoms with Gasteiger partial charge >= 0.3 is 0 Å². The summed E-state index contributed by atoms with van der Waals surface area (Å²) in [5.74, 6) is 0.703. The molecule has 1 amide bonds. The average Bonchev–Trinajstić information content (AvgIpc) is 3.62. The Hall–Kier alpha value is -4.62. The summed E-state index contributed by atoms with van der Waals surface area (Å²) in [5, 5.41) is 21.3. The van der Waals surface area contributed by atoms with Gasteiger partial charge in [-0.1, -0.05) is 6.07 Å². The number of fused-ring (bicyclic) bond motifs is 1. The van der Waals surface area contributed by atoms with Crippen molar-refractivity contribution in [1.82, 2.24) is 30.4 Å². The number of pyridine rings is 1. The minimum atomic E-state index is -0.469. The van der Waals surface area contributed by atoms with Crippen molar-refractivity contribution in [2.75, 3.05) is 27.3 Å². The minimum absolute atomic E-state index is 0.00416. The van der Waals surface area contributed by atoms with Crippen molar-refractivity contribution in [1.29, 1.82) is 5.26 Å². The Morgan fingerprint density at radius 2 is 2.00 bits per heavy atom. The van der Waals surface area contributed by atoms with Crippen molar-refractivity contribution in [3.05, 3.63) is 65.8 Å². The molecular weight excluding hydrogens is 482 g/mol. The fourth-order valence-electron chi connectivity index (χ4n) is 4.63. The van der Waals surface area contributed by atoms with Crippen molar-refractivity contribution >= 4 is 23.0 Å². The standard InChI is InChI=1S/C28H29N7O3/c1-37-25-4-3-18(9-26(25)38-2)13-33-28(36)19(12-29)10-21-15-32-27-24(21)11-20(14-31-27)22-16-34-35(17-22)23-5-7-30-8-6-23/h3-4,9-11,14-17,23,30H,5-8,13H2,1-2H3,(H,31,32)(H,33,36)/b19-10+. The second kappa shape index (κ2) is 11.2. The van der Waals surface area contributed by atoms with Crippen molar-refractivity contribution < 1.29 is 14.3 Å².